The van der Waals surface area contributed by atoms with Crippen molar-refractivity contribution in [3.05, 3.63) is 33.5 Å². The molecule has 0 unspecified atom stereocenters. The Bertz CT molecular complexity index is 1040. The van der Waals surface area contributed by atoms with Crippen LogP contribution in [0.3, 0.4) is 0 Å². The molecule has 0 saturated carbocycles. The number of aryl methyl sites for hydroxylation is 1. The van der Waals surface area contributed by atoms with Gasteiger partial charge in [0.1, 0.15) is 5.82 Å². The number of amides is 1. The van der Waals surface area contributed by atoms with Gasteiger partial charge in [-0.15, -0.1) is 0 Å². The number of hydrogen-bond donors (Lipinski definition) is 2. The van der Waals surface area contributed by atoms with Crippen LogP contribution in [-0.4, -0.2) is 64.3 Å². The zero-order chi connectivity index (χ0) is 19.8. The van der Waals surface area contributed by atoms with Gasteiger partial charge in [0.25, 0.3) is 0 Å². The van der Waals surface area contributed by atoms with E-state index in [1.807, 2.05) is 13.0 Å². The van der Waals surface area contributed by atoms with E-state index < -0.39 is 6.09 Å². The molecule has 9 heteroatoms. The highest BCUT2D eigenvalue weighted by Gasteiger charge is 2.22. The van der Waals surface area contributed by atoms with Crippen molar-refractivity contribution >= 4 is 45.4 Å². The number of piperazine rings is 1. The minimum absolute atomic E-state index is 0.506. The van der Waals surface area contributed by atoms with Crippen LogP contribution in [0.1, 0.15) is 5.56 Å². The summed E-state index contributed by atoms with van der Waals surface area (Å²) in [5, 5.41) is 9.13. The highest BCUT2D eigenvalue weighted by atomic mass is 127. The molecule has 3 heterocycles. The SMILES string of the molecule is COc1nccc(I)c1-c1nc2c(C)cc(N3CCN(C(=O)O)CC3)cc2[nH]1. The van der Waals surface area contributed by atoms with Crippen LogP contribution >= 0.6 is 22.6 Å². The standard InChI is InChI=1S/C19H20IN5O3/c1-11-9-12(24-5-7-25(8-6-24)19(26)27)10-14-16(11)23-17(22-14)15-13(20)3-4-21-18(15)28-2/h3-4,9-10H,5-8H2,1-2H3,(H,22,23)(H,26,27). The number of benzene rings is 1. The van der Waals surface area contributed by atoms with Crippen LogP contribution in [0.15, 0.2) is 24.4 Å². The highest BCUT2D eigenvalue weighted by Crippen LogP contribution is 2.34. The van der Waals surface area contributed by atoms with E-state index in [0.29, 0.717) is 32.1 Å². The smallest absolute Gasteiger partial charge is 0.407 e. The van der Waals surface area contributed by atoms with E-state index in [0.717, 1.165) is 37.2 Å². The molecule has 1 amide bonds. The lowest BCUT2D eigenvalue weighted by Gasteiger charge is -2.34. The number of carbonyl (C=O) groups is 1. The Morgan fingerprint density at radius 3 is 2.71 bits per heavy atom. The summed E-state index contributed by atoms with van der Waals surface area (Å²) in [7, 11) is 1.60. The third-order valence-electron chi connectivity index (χ3n) is 4.97. The Morgan fingerprint density at radius 2 is 2.04 bits per heavy atom. The maximum absolute atomic E-state index is 11.1. The molecule has 0 atom stereocenters. The molecule has 0 aliphatic carbocycles. The number of rotatable bonds is 3. The second-order valence-electron chi connectivity index (χ2n) is 6.68. The number of carboxylic acid groups (broad SMARTS) is 1. The van der Waals surface area contributed by atoms with Gasteiger partial charge in [-0.25, -0.2) is 14.8 Å². The van der Waals surface area contributed by atoms with E-state index >= 15 is 0 Å². The quantitative estimate of drug-likeness (QED) is 0.544. The van der Waals surface area contributed by atoms with Crippen molar-refractivity contribution in [1.29, 1.82) is 0 Å². The van der Waals surface area contributed by atoms with Gasteiger partial charge in [0, 0.05) is 41.6 Å². The summed E-state index contributed by atoms with van der Waals surface area (Å²) >= 11 is 2.25. The summed E-state index contributed by atoms with van der Waals surface area (Å²) in [5.41, 5.74) is 4.82. The van der Waals surface area contributed by atoms with E-state index in [1.165, 1.54) is 4.90 Å². The molecule has 1 aliphatic heterocycles. The fourth-order valence-electron chi connectivity index (χ4n) is 3.52. The molecule has 1 fully saturated rings. The van der Waals surface area contributed by atoms with E-state index in [4.69, 9.17) is 14.8 Å². The number of anilines is 1. The molecule has 0 radical (unpaired) electrons. The van der Waals surface area contributed by atoms with Crippen molar-refractivity contribution in [3.63, 3.8) is 0 Å². The number of nitrogens with zero attached hydrogens (tertiary/aromatic N) is 4. The van der Waals surface area contributed by atoms with Crippen molar-refractivity contribution in [2.75, 3.05) is 38.2 Å². The van der Waals surface area contributed by atoms with Crippen LogP contribution < -0.4 is 9.64 Å². The number of pyridine rings is 1. The van der Waals surface area contributed by atoms with Gasteiger partial charge in [0.05, 0.1) is 23.7 Å². The maximum Gasteiger partial charge on any atom is 0.407 e. The largest absolute Gasteiger partial charge is 0.480 e. The number of H-pyrrole nitrogens is 1. The number of hydrogen-bond acceptors (Lipinski definition) is 5. The van der Waals surface area contributed by atoms with E-state index in [2.05, 4.69) is 49.6 Å². The summed E-state index contributed by atoms with van der Waals surface area (Å²) < 4.78 is 6.42. The summed E-state index contributed by atoms with van der Waals surface area (Å²) in [5.74, 6) is 1.26. The first-order valence-electron chi connectivity index (χ1n) is 8.90. The molecule has 2 N–H and O–H groups in total. The van der Waals surface area contributed by atoms with Crippen LogP contribution in [0, 0.1) is 10.5 Å². The number of aromatic nitrogens is 3. The minimum Gasteiger partial charge on any atom is -0.480 e. The Hall–Kier alpha value is -2.56. The van der Waals surface area contributed by atoms with Crippen LogP contribution in [0.4, 0.5) is 10.5 Å². The molecule has 28 heavy (non-hydrogen) atoms. The van der Waals surface area contributed by atoms with Gasteiger partial charge < -0.3 is 24.6 Å². The van der Waals surface area contributed by atoms with Crippen LogP contribution in [0.25, 0.3) is 22.4 Å². The molecule has 1 aromatic carbocycles. The van der Waals surface area contributed by atoms with Crippen molar-refractivity contribution in [1.82, 2.24) is 19.9 Å². The third-order valence-corrected chi connectivity index (χ3v) is 5.87. The Labute approximate surface area is 175 Å². The lowest BCUT2D eigenvalue weighted by Crippen LogP contribution is -2.48. The van der Waals surface area contributed by atoms with Gasteiger partial charge in [-0.05, 0) is 53.3 Å². The van der Waals surface area contributed by atoms with Crippen molar-refractivity contribution < 1.29 is 14.6 Å². The van der Waals surface area contributed by atoms with Crippen LogP contribution in [-0.2, 0) is 0 Å². The summed E-state index contributed by atoms with van der Waals surface area (Å²) in [6, 6.07) is 6.10. The molecule has 1 saturated heterocycles. The molecular formula is C19H20IN5O3. The molecule has 146 valence electrons. The molecular weight excluding hydrogens is 473 g/mol. The average molecular weight is 493 g/mol. The lowest BCUT2D eigenvalue weighted by molar-refractivity contribution is 0.142. The molecule has 8 nitrogen and oxygen atoms in total. The van der Waals surface area contributed by atoms with Gasteiger partial charge in [-0.2, -0.15) is 0 Å². The fraction of sp³-hybridized carbons (Fsp3) is 0.316. The summed E-state index contributed by atoms with van der Waals surface area (Å²) in [6.45, 7) is 4.39. The van der Waals surface area contributed by atoms with Crippen LogP contribution in [0.2, 0.25) is 0 Å². The fourth-order valence-corrected chi connectivity index (χ4v) is 4.17. The van der Waals surface area contributed by atoms with Crippen molar-refractivity contribution in [2.45, 2.75) is 6.92 Å². The number of imidazole rings is 1. The van der Waals surface area contributed by atoms with Crippen LogP contribution in [0.5, 0.6) is 5.88 Å². The Kier molecular flexibility index (Phi) is 5.00. The first-order chi connectivity index (χ1) is 13.5. The predicted molar refractivity (Wildman–Crippen MR) is 115 cm³/mol. The second-order valence-corrected chi connectivity index (χ2v) is 7.84. The number of nitrogens with one attached hydrogen (secondary N) is 1. The minimum atomic E-state index is -0.857. The molecule has 1 aliphatic rings. The number of methoxy groups -OCH3 is 1. The van der Waals surface area contributed by atoms with Crippen molar-refractivity contribution in [3.8, 4) is 17.3 Å². The lowest BCUT2D eigenvalue weighted by atomic mass is 10.1. The molecule has 0 bridgehead atoms. The molecule has 0 spiro atoms. The van der Waals surface area contributed by atoms with Gasteiger partial charge in [0.2, 0.25) is 5.88 Å². The topological polar surface area (TPSA) is 94.6 Å². The second kappa shape index (κ2) is 7.46. The molecule has 2 aromatic heterocycles. The first kappa shape index (κ1) is 18.8. The van der Waals surface area contributed by atoms with Gasteiger partial charge in [-0.3, -0.25) is 0 Å². The van der Waals surface area contributed by atoms with Crippen molar-refractivity contribution in [2.24, 2.45) is 0 Å². The van der Waals surface area contributed by atoms with Gasteiger partial charge in [0.15, 0.2) is 0 Å². The number of halogens is 1. The number of fused-ring (bicyclic) bond motifs is 1. The van der Waals surface area contributed by atoms with E-state index in [9.17, 15) is 4.79 Å². The van der Waals surface area contributed by atoms with E-state index in [-0.39, 0.29) is 0 Å². The Balaban J connectivity index is 1.70. The number of ether oxygens (including phenoxy) is 1. The van der Waals surface area contributed by atoms with Gasteiger partial charge in [-0.1, -0.05) is 0 Å². The first-order valence-corrected chi connectivity index (χ1v) is 9.98. The third kappa shape index (κ3) is 3.34. The highest BCUT2D eigenvalue weighted by molar-refractivity contribution is 14.1. The monoisotopic (exact) mass is 493 g/mol. The maximum atomic E-state index is 11.1. The summed E-state index contributed by atoms with van der Waals surface area (Å²) in [6.07, 6.45) is 0.858. The Morgan fingerprint density at radius 1 is 1.29 bits per heavy atom. The average Bonchev–Trinajstić information content (AvgIpc) is 3.12. The molecule has 4 rings (SSSR count). The normalized spacial score (nSPS) is 14.5. The molecule has 3 aromatic rings. The summed E-state index contributed by atoms with van der Waals surface area (Å²) in [4.78, 5) is 27.3. The zero-order valence-electron chi connectivity index (χ0n) is 15.6. The van der Waals surface area contributed by atoms with Gasteiger partial charge >= 0.3 is 6.09 Å². The van der Waals surface area contributed by atoms with E-state index in [1.54, 1.807) is 13.3 Å². The zero-order valence-corrected chi connectivity index (χ0v) is 17.7. The predicted octanol–water partition coefficient (Wildman–Crippen LogP) is 3.35. The number of aromatic amines is 1.